The Bertz CT molecular complexity index is 495. The molecule has 0 spiro atoms. The van der Waals surface area contributed by atoms with Crippen LogP contribution in [0.15, 0.2) is 24.3 Å². The van der Waals surface area contributed by atoms with Crippen molar-refractivity contribution in [2.45, 2.75) is 19.8 Å². The molecule has 0 saturated heterocycles. The van der Waals surface area contributed by atoms with Gasteiger partial charge in [0, 0.05) is 18.1 Å². The third-order valence-electron chi connectivity index (χ3n) is 2.64. The van der Waals surface area contributed by atoms with Crippen molar-refractivity contribution in [3.05, 3.63) is 29.8 Å². The third kappa shape index (κ3) is 5.09. The molecule has 0 aromatic heterocycles. The van der Waals surface area contributed by atoms with Crippen LogP contribution in [0.4, 0.5) is 5.69 Å². The monoisotopic (exact) mass is 278 g/mol. The minimum Gasteiger partial charge on any atom is -0.550 e. The quantitative estimate of drug-likeness (QED) is 0.768. The lowest BCUT2D eigenvalue weighted by Crippen LogP contribution is -2.26. The number of carbonyl (C=O) groups excluding carboxylic acids is 3. The van der Waals surface area contributed by atoms with Crippen LogP contribution in [0.5, 0.6) is 0 Å². The van der Waals surface area contributed by atoms with Crippen LogP contribution in [-0.2, 0) is 14.3 Å². The molecule has 0 aliphatic heterocycles. The summed E-state index contributed by atoms with van der Waals surface area (Å²) in [5, 5.41) is 13.0. The van der Waals surface area contributed by atoms with E-state index in [1.807, 2.05) is 0 Å². The van der Waals surface area contributed by atoms with Gasteiger partial charge in [-0.05, 0) is 36.6 Å². The zero-order valence-electron chi connectivity index (χ0n) is 11.3. The largest absolute Gasteiger partial charge is 0.550 e. The zero-order valence-corrected chi connectivity index (χ0v) is 11.3. The summed E-state index contributed by atoms with van der Waals surface area (Å²) in [6.45, 7) is 1.66. The first kappa shape index (κ1) is 15.7. The second-order valence-electron chi connectivity index (χ2n) is 4.50. The Morgan fingerprint density at radius 2 is 1.80 bits per heavy atom. The molecule has 108 valence electrons. The smallest absolute Gasteiger partial charge is 0.337 e. The van der Waals surface area contributed by atoms with Gasteiger partial charge in [-0.15, -0.1) is 0 Å². The predicted octanol–water partition coefficient (Wildman–Crippen LogP) is 0.578. The number of benzene rings is 1. The van der Waals surface area contributed by atoms with Crippen molar-refractivity contribution < 1.29 is 24.2 Å². The van der Waals surface area contributed by atoms with Gasteiger partial charge in [0.15, 0.2) is 0 Å². The molecule has 1 atom stereocenters. The normalized spacial score (nSPS) is 11.5. The summed E-state index contributed by atoms with van der Waals surface area (Å²) in [6, 6.07) is 6.22. The van der Waals surface area contributed by atoms with Gasteiger partial charge in [-0.2, -0.15) is 0 Å². The fourth-order valence-electron chi connectivity index (χ4n) is 1.69. The topological polar surface area (TPSA) is 95.5 Å². The van der Waals surface area contributed by atoms with Crippen molar-refractivity contribution in [1.82, 2.24) is 0 Å². The van der Waals surface area contributed by atoms with Crippen molar-refractivity contribution in [3.8, 4) is 0 Å². The van der Waals surface area contributed by atoms with E-state index in [1.165, 1.54) is 19.2 Å². The minimum absolute atomic E-state index is 0.0900. The molecule has 1 unspecified atom stereocenters. The zero-order chi connectivity index (χ0) is 15.1. The SMILES string of the molecule is COC(=O)c1ccc(NC(=O)CC(C)CC(=O)[O-])cc1. The highest BCUT2D eigenvalue weighted by Gasteiger charge is 2.10. The molecule has 1 amide bonds. The van der Waals surface area contributed by atoms with Crippen molar-refractivity contribution in [1.29, 1.82) is 0 Å². The van der Waals surface area contributed by atoms with E-state index in [9.17, 15) is 19.5 Å². The van der Waals surface area contributed by atoms with Gasteiger partial charge in [0.25, 0.3) is 0 Å². The van der Waals surface area contributed by atoms with Crippen LogP contribution in [0.3, 0.4) is 0 Å². The fourth-order valence-corrected chi connectivity index (χ4v) is 1.69. The molecule has 1 aromatic rings. The van der Waals surface area contributed by atoms with E-state index in [2.05, 4.69) is 10.1 Å². The summed E-state index contributed by atoms with van der Waals surface area (Å²) in [5.74, 6) is -2.21. The van der Waals surface area contributed by atoms with Crippen LogP contribution in [0.1, 0.15) is 30.1 Å². The van der Waals surface area contributed by atoms with Gasteiger partial charge in [-0.3, -0.25) is 4.79 Å². The van der Waals surface area contributed by atoms with Crippen LogP contribution in [0, 0.1) is 5.92 Å². The highest BCUT2D eigenvalue weighted by atomic mass is 16.5. The highest BCUT2D eigenvalue weighted by Crippen LogP contribution is 2.13. The van der Waals surface area contributed by atoms with Crippen LogP contribution in [-0.4, -0.2) is 25.0 Å². The molecule has 1 N–H and O–H groups in total. The maximum absolute atomic E-state index is 11.7. The number of amides is 1. The Morgan fingerprint density at radius 1 is 1.20 bits per heavy atom. The first-order valence-corrected chi connectivity index (χ1v) is 6.10. The average Bonchev–Trinajstić information content (AvgIpc) is 2.37. The number of carboxylic acid groups (broad SMARTS) is 1. The minimum atomic E-state index is -1.17. The van der Waals surface area contributed by atoms with Gasteiger partial charge in [0.1, 0.15) is 0 Å². The lowest BCUT2D eigenvalue weighted by Gasteiger charge is -2.12. The van der Waals surface area contributed by atoms with Gasteiger partial charge in [-0.1, -0.05) is 6.92 Å². The number of methoxy groups -OCH3 is 1. The van der Waals surface area contributed by atoms with E-state index in [0.717, 1.165) is 0 Å². The Hall–Kier alpha value is -2.37. The molecule has 0 heterocycles. The van der Waals surface area contributed by atoms with Gasteiger partial charge in [0.2, 0.25) is 5.91 Å². The Morgan fingerprint density at radius 3 is 2.30 bits per heavy atom. The summed E-state index contributed by atoms with van der Waals surface area (Å²) in [5.41, 5.74) is 0.916. The van der Waals surface area contributed by atoms with Crippen molar-refractivity contribution >= 4 is 23.5 Å². The lowest BCUT2D eigenvalue weighted by molar-refractivity contribution is -0.306. The molecule has 6 nitrogen and oxygen atoms in total. The number of nitrogens with one attached hydrogen (secondary N) is 1. The molecule has 6 heteroatoms. The Balaban J connectivity index is 2.54. The van der Waals surface area contributed by atoms with E-state index >= 15 is 0 Å². The fraction of sp³-hybridized carbons (Fsp3) is 0.357. The molecule has 0 aliphatic carbocycles. The summed E-state index contributed by atoms with van der Waals surface area (Å²) in [6.07, 6.45) is -0.0680. The van der Waals surface area contributed by atoms with Gasteiger partial charge >= 0.3 is 5.97 Å². The summed E-state index contributed by atoms with van der Waals surface area (Å²) in [7, 11) is 1.29. The molecule has 0 radical (unpaired) electrons. The summed E-state index contributed by atoms with van der Waals surface area (Å²) < 4.78 is 4.56. The second kappa shape index (κ2) is 7.28. The number of esters is 1. The van der Waals surface area contributed by atoms with Gasteiger partial charge in [0.05, 0.1) is 12.7 Å². The highest BCUT2D eigenvalue weighted by molar-refractivity contribution is 5.93. The van der Waals surface area contributed by atoms with Crippen molar-refractivity contribution in [3.63, 3.8) is 0 Å². The first-order chi connectivity index (χ1) is 9.42. The Kier molecular flexibility index (Phi) is 5.71. The number of hydrogen-bond acceptors (Lipinski definition) is 5. The molecule has 0 saturated carbocycles. The summed E-state index contributed by atoms with van der Waals surface area (Å²) >= 11 is 0. The number of hydrogen-bond donors (Lipinski definition) is 1. The van der Waals surface area contributed by atoms with Crippen LogP contribution in [0.2, 0.25) is 0 Å². The van der Waals surface area contributed by atoms with Crippen molar-refractivity contribution in [2.24, 2.45) is 5.92 Å². The molecule has 1 aromatic carbocycles. The second-order valence-corrected chi connectivity index (χ2v) is 4.50. The number of rotatable bonds is 6. The molecule has 0 bridgehead atoms. The van der Waals surface area contributed by atoms with E-state index in [4.69, 9.17) is 0 Å². The first-order valence-electron chi connectivity index (χ1n) is 6.10. The predicted molar refractivity (Wildman–Crippen MR) is 69.8 cm³/mol. The molecule has 0 fully saturated rings. The van der Waals surface area contributed by atoms with Crippen LogP contribution >= 0.6 is 0 Å². The molecule has 0 aliphatic rings. The maximum atomic E-state index is 11.7. The maximum Gasteiger partial charge on any atom is 0.337 e. The van der Waals surface area contributed by atoms with Gasteiger partial charge < -0.3 is 20.0 Å². The number of aliphatic carboxylic acids is 1. The average molecular weight is 278 g/mol. The standard InChI is InChI=1S/C14H17NO5/c1-9(8-13(17)18)7-12(16)15-11-5-3-10(4-6-11)14(19)20-2/h3-6,9H,7-8H2,1-2H3,(H,15,16)(H,17,18)/p-1. The lowest BCUT2D eigenvalue weighted by atomic mass is 10.0. The van der Waals surface area contributed by atoms with Crippen LogP contribution < -0.4 is 10.4 Å². The Labute approximate surface area is 116 Å². The number of anilines is 1. The molecular weight excluding hydrogens is 262 g/mol. The number of carbonyl (C=O) groups is 3. The van der Waals surface area contributed by atoms with E-state index in [1.54, 1.807) is 19.1 Å². The van der Waals surface area contributed by atoms with E-state index in [-0.39, 0.29) is 24.7 Å². The van der Waals surface area contributed by atoms with Crippen LogP contribution in [0.25, 0.3) is 0 Å². The van der Waals surface area contributed by atoms with E-state index < -0.39 is 11.9 Å². The number of ether oxygens (including phenoxy) is 1. The molecular formula is C14H16NO5-. The molecule has 1 rings (SSSR count). The third-order valence-corrected chi connectivity index (χ3v) is 2.64. The summed E-state index contributed by atoms with van der Waals surface area (Å²) in [4.78, 5) is 33.3. The molecule has 20 heavy (non-hydrogen) atoms. The van der Waals surface area contributed by atoms with Crippen molar-refractivity contribution in [2.75, 3.05) is 12.4 Å². The number of carboxylic acids is 1. The van der Waals surface area contributed by atoms with Gasteiger partial charge in [-0.25, -0.2) is 4.79 Å². The van der Waals surface area contributed by atoms with E-state index in [0.29, 0.717) is 11.3 Å².